The number of H-pyrrole nitrogens is 1. The first-order valence-electron chi connectivity index (χ1n) is 7.19. The first-order valence-corrected chi connectivity index (χ1v) is 8.41. The van der Waals surface area contributed by atoms with Gasteiger partial charge in [-0.25, -0.2) is 14.8 Å². The number of aromatic amines is 1. The summed E-state index contributed by atoms with van der Waals surface area (Å²) in [6.45, 7) is 1.71. The maximum atomic E-state index is 12.6. The number of hydrogen-bond donors (Lipinski definition) is 1. The predicted octanol–water partition coefficient (Wildman–Crippen LogP) is 2.80. The third-order valence-corrected chi connectivity index (χ3v) is 4.24. The van der Waals surface area contributed by atoms with E-state index in [2.05, 4.69) is 15.0 Å². The van der Waals surface area contributed by atoms with Gasteiger partial charge in [-0.15, -0.1) is 0 Å². The quantitative estimate of drug-likeness (QED) is 0.448. The number of fused-ring (bicyclic) bond motifs is 1. The number of aryl methyl sites for hydroxylation is 1. The number of pyridine rings is 1. The molecule has 3 aromatic rings. The molecule has 0 aliphatic rings. The maximum absolute atomic E-state index is 12.6. The second-order valence-electron chi connectivity index (χ2n) is 5.08. The zero-order valence-corrected chi connectivity index (χ0v) is 14.2. The van der Waals surface area contributed by atoms with Crippen molar-refractivity contribution in [3.8, 4) is 11.1 Å². The van der Waals surface area contributed by atoms with Crippen molar-refractivity contribution in [2.45, 2.75) is 12.1 Å². The summed E-state index contributed by atoms with van der Waals surface area (Å²) in [7, 11) is 1.31. The summed E-state index contributed by atoms with van der Waals surface area (Å²) in [4.78, 5) is 36.4. The van der Waals surface area contributed by atoms with Gasteiger partial charge in [0.2, 0.25) is 0 Å². The molecule has 24 heavy (non-hydrogen) atoms. The van der Waals surface area contributed by atoms with Crippen molar-refractivity contribution in [2.75, 3.05) is 13.4 Å². The van der Waals surface area contributed by atoms with Crippen LogP contribution in [0, 0.1) is 6.92 Å². The minimum atomic E-state index is -0.533. The topological polar surface area (TPSA) is 84.9 Å². The minimum absolute atomic E-state index is 0.278. The molecule has 0 unspecified atom stereocenters. The Bertz CT molecular complexity index is 984. The van der Waals surface area contributed by atoms with Gasteiger partial charge < -0.3 is 9.72 Å². The van der Waals surface area contributed by atoms with Crippen LogP contribution in [0.4, 0.5) is 0 Å². The van der Waals surface area contributed by atoms with E-state index in [0.29, 0.717) is 22.1 Å². The second-order valence-corrected chi connectivity index (χ2v) is 5.87. The van der Waals surface area contributed by atoms with Crippen molar-refractivity contribution in [3.63, 3.8) is 0 Å². The van der Waals surface area contributed by atoms with Crippen LogP contribution in [-0.4, -0.2) is 34.3 Å². The molecule has 1 N–H and O–H groups in total. The lowest BCUT2D eigenvalue weighted by Crippen LogP contribution is -2.16. The van der Waals surface area contributed by atoms with Crippen LogP contribution < -0.4 is 5.56 Å². The summed E-state index contributed by atoms with van der Waals surface area (Å²) in [5.74, 6) is -0.533. The van der Waals surface area contributed by atoms with Crippen molar-refractivity contribution in [2.24, 2.45) is 0 Å². The summed E-state index contributed by atoms with van der Waals surface area (Å²) in [5.41, 5.74) is 1.95. The van der Waals surface area contributed by atoms with Crippen LogP contribution in [0.5, 0.6) is 0 Å². The number of carbonyl (C=O) groups excluding carboxylic acids is 1. The lowest BCUT2D eigenvalue weighted by molar-refractivity contribution is 0.0600. The Labute approximate surface area is 142 Å². The highest BCUT2D eigenvalue weighted by atomic mass is 32.2. The van der Waals surface area contributed by atoms with Gasteiger partial charge in [0.1, 0.15) is 0 Å². The summed E-state index contributed by atoms with van der Waals surface area (Å²) in [6.07, 6.45) is 1.82. The Hall–Kier alpha value is -2.67. The number of hydrogen-bond acceptors (Lipinski definition) is 6. The maximum Gasteiger partial charge on any atom is 0.340 e. The number of ether oxygens (including phenoxy) is 1. The van der Waals surface area contributed by atoms with Gasteiger partial charge in [-0.2, -0.15) is 0 Å². The monoisotopic (exact) mass is 341 g/mol. The lowest BCUT2D eigenvalue weighted by atomic mass is 9.96. The van der Waals surface area contributed by atoms with Gasteiger partial charge in [0.05, 0.1) is 23.8 Å². The molecule has 0 saturated carbocycles. The summed E-state index contributed by atoms with van der Waals surface area (Å²) >= 11 is 1.32. The van der Waals surface area contributed by atoms with E-state index < -0.39 is 5.97 Å². The van der Waals surface area contributed by atoms with Gasteiger partial charge in [-0.3, -0.25) is 4.79 Å². The van der Waals surface area contributed by atoms with Crippen LogP contribution in [0.2, 0.25) is 0 Å². The second kappa shape index (κ2) is 6.45. The van der Waals surface area contributed by atoms with Crippen LogP contribution in [0.25, 0.3) is 22.2 Å². The molecule has 2 heterocycles. The minimum Gasteiger partial charge on any atom is -0.465 e. The molecule has 0 bridgehead atoms. The zero-order valence-electron chi connectivity index (χ0n) is 13.4. The average Bonchev–Trinajstić information content (AvgIpc) is 2.60. The van der Waals surface area contributed by atoms with Crippen LogP contribution >= 0.6 is 11.8 Å². The SMILES string of the molecule is COC(=O)c1c(C)nc2nc(SC)[nH]c(=O)c2c1-c1ccccc1. The van der Waals surface area contributed by atoms with E-state index in [0.717, 1.165) is 5.56 Å². The number of carbonyl (C=O) groups is 1. The van der Waals surface area contributed by atoms with Gasteiger partial charge in [0.25, 0.3) is 5.56 Å². The number of esters is 1. The van der Waals surface area contributed by atoms with Crippen molar-refractivity contribution in [1.29, 1.82) is 0 Å². The fraction of sp³-hybridized carbons (Fsp3) is 0.176. The highest BCUT2D eigenvalue weighted by Crippen LogP contribution is 2.31. The predicted molar refractivity (Wildman–Crippen MR) is 93.5 cm³/mol. The van der Waals surface area contributed by atoms with Gasteiger partial charge in [0, 0.05) is 5.56 Å². The molecule has 0 saturated heterocycles. The smallest absolute Gasteiger partial charge is 0.340 e. The first-order chi connectivity index (χ1) is 11.6. The Morgan fingerprint density at radius 2 is 1.92 bits per heavy atom. The molecule has 0 aliphatic heterocycles. The van der Waals surface area contributed by atoms with E-state index in [1.54, 1.807) is 6.92 Å². The molecule has 0 fully saturated rings. The number of thioether (sulfide) groups is 1. The molecular weight excluding hydrogens is 326 g/mol. The van der Waals surface area contributed by atoms with E-state index in [9.17, 15) is 9.59 Å². The molecule has 0 amide bonds. The lowest BCUT2D eigenvalue weighted by Gasteiger charge is -2.13. The zero-order chi connectivity index (χ0) is 17.3. The average molecular weight is 341 g/mol. The molecule has 2 aromatic heterocycles. The molecule has 0 spiro atoms. The van der Waals surface area contributed by atoms with E-state index >= 15 is 0 Å². The molecule has 0 atom stereocenters. The van der Waals surface area contributed by atoms with Gasteiger partial charge in [-0.1, -0.05) is 42.1 Å². The van der Waals surface area contributed by atoms with Crippen LogP contribution in [0.15, 0.2) is 40.3 Å². The Balaban J connectivity index is 2.52. The van der Waals surface area contributed by atoms with Crippen molar-refractivity contribution in [1.82, 2.24) is 15.0 Å². The fourth-order valence-corrected chi connectivity index (χ4v) is 2.98. The van der Waals surface area contributed by atoms with E-state index in [1.165, 1.54) is 18.9 Å². The first kappa shape index (κ1) is 16.2. The number of methoxy groups -OCH3 is 1. The van der Waals surface area contributed by atoms with Crippen molar-refractivity contribution >= 4 is 28.8 Å². The Kier molecular flexibility index (Phi) is 4.35. The molecule has 0 aliphatic carbocycles. The van der Waals surface area contributed by atoms with Crippen molar-refractivity contribution < 1.29 is 9.53 Å². The summed E-state index contributed by atoms with van der Waals surface area (Å²) in [5, 5.41) is 0.759. The molecular formula is C17H15N3O3S. The normalized spacial score (nSPS) is 10.8. The van der Waals surface area contributed by atoms with Gasteiger partial charge >= 0.3 is 5.97 Å². The number of aromatic nitrogens is 3. The number of nitrogens with one attached hydrogen (secondary N) is 1. The number of benzene rings is 1. The summed E-state index contributed by atoms with van der Waals surface area (Å²) < 4.78 is 4.90. The molecule has 3 rings (SSSR count). The fourth-order valence-electron chi connectivity index (χ4n) is 2.61. The van der Waals surface area contributed by atoms with Crippen LogP contribution in [0.1, 0.15) is 16.1 Å². The standard InChI is InChI=1S/C17H15N3O3S/c1-9-11(16(22)23-2)12(10-7-5-4-6-8-10)13-14(18-9)19-17(24-3)20-15(13)21/h4-8H,1-3H3,(H,18,19,20,21). The number of nitrogens with zero attached hydrogens (tertiary/aromatic N) is 2. The van der Waals surface area contributed by atoms with Crippen LogP contribution in [-0.2, 0) is 4.74 Å². The Morgan fingerprint density at radius 1 is 1.21 bits per heavy atom. The third-order valence-electron chi connectivity index (χ3n) is 3.66. The highest BCUT2D eigenvalue weighted by Gasteiger charge is 2.23. The molecule has 0 radical (unpaired) electrons. The Morgan fingerprint density at radius 3 is 2.54 bits per heavy atom. The molecule has 6 nitrogen and oxygen atoms in total. The third kappa shape index (κ3) is 2.67. The van der Waals surface area contributed by atoms with E-state index in [-0.39, 0.29) is 16.5 Å². The molecule has 7 heteroatoms. The summed E-state index contributed by atoms with van der Waals surface area (Å²) in [6, 6.07) is 9.22. The van der Waals surface area contributed by atoms with E-state index in [4.69, 9.17) is 4.74 Å². The van der Waals surface area contributed by atoms with Gasteiger partial charge in [0.15, 0.2) is 10.8 Å². The largest absolute Gasteiger partial charge is 0.465 e. The number of rotatable bonds is 3. The van der Waals surface area contributed by atoms with Crippen LogP contribution in [0.3, 0.4) is 0 Å². The van der Waals surface area contributed by atoms with Gasteiger partial charge in [-0.05, 0) is 18.7 Å². The molecule has 1 aromatic carbocycles. The highest BCUT2D eigenvalue weighted by molar-refractivity contribution is 7.98. The van der Waals surface area contributed by atoms with E-state index in [1.807, 2.05) is 36.6 Å². The van der Waals surface area contributed by atoms with Crippen molar-refractivity contribution in [3.05, 3.63) is 51.9 Å². The molecule has 122 valence electrons.